The van der Waals surface area contributed by atoms with Gasteiger partial charge >= 0.3 is 5.97 Å². The van der Waals surface area contributed by atoms with Crippen LogP contribution in [-0.4, -0.2) is 40.0 Å². The Morgan fingerprint density at radius 2 is 2.15 bits per heavy atom. The first-order valence-electron chi connectivity index (χ1n) is 6.76. The molecular weight excluding hydrogens is 276 g/mol. The third-order valence-electron chi connectivity index (χ3n) is 3.53. The fourth-order valence-corrected chi connectivity index (χ4v) is 3.40. The monoisotopic (exact) mass is 296 g/mol. The third kappa shape index (κ3) is 3.00. The number of rotatable bonds is 2. The van der Waals surface area contributed by atoms with Crippen molar-refractivity contribution < 1.29 is 14.7 Å². The predicted octanol–water partition coefficient (Wildman–Crippen LogP) is 2.38. The fourth-order valence-electron chi connectivity index (χ4n) is 2.44. The van der Waals surface area contributed by atoms with E-state index >= 15 is 0 Å². The van der Waals surface area contributed by atoms with E-state index in [0.717, 1.165) is 12.1 Å². The molecule has 1 N–H and O–H groups in total. The Hall–Kier alpha value is -1.43. The van der Waals surface area contributed by atoms with Crippen LogP contribution in [-0.2, 0) is 10.2 Å². The molecule has 2 heterocycles. The summed E-state index contributed by atoms with van der Waals surface area (Å²) >= 11 is 1.34. The standard InChI is InChI=1S/C14H20N2O3S/c1-14(2,3)11-10(20-8-15-11)12(17)16-6-4-5-9(7-16)13(18)19/h8-9H,4-7H2,1-3H3,(H,18,19). The van der Waals surface area contributed by atoms with Crippen molar-refractivity contribution in [1.29, 1.82) is 0 Å². The molecule has 1 fully saturated rings. The molecule has 1 aliphatic heterocycles. The van der Waals surface area contributed by atoms with Crippen LogP contribution in [0.15, 0.2) is 5.51 Å². The molecule has 1 aromatic heterocycles. The molecule has 0 spiro atoms. The van der Waals surface area contributed by atoms with Crippen molar-refractivity contribution in [2.45, 2.75) is 39.0 Å². The van der Waals surface area contributed by atoms with E-state index in [1.165, 1.54) is 11.3 Å². The highest BCUT2D eigenvalue weighted by molar-refractivity contribution is 7.11. The minimum atomic E-state index is -0.817. The van der Waals surface area contributed by atoms with Crippen LogP contribution in [0.2, 0.25) is 0 Å². The van der Waals surface area contributed by atoms with Crippen molar-refractivity contribution in [2.24, 2.45) is 5.92 Å². The summed E-state index contributed by atoms with van der Waals surface area (Å²) in [7, 11) is 0. The van der Waals surface area contributed by atoms with Gasteiger partial charge in [-0.3, -0.25) is 9.59 Å². The van der Waals surface area contributed by atoms with Crippen LogP contribution in [0.1, 0.15) is 49.0 Å². The van der Waals surface area contributed by atoms with E-state index in [2.05, 4.69) is 4.98 Å². The molecule has 0 radical (unpaired) electrons. The maximum absolute atomic E-state index is 12.6. The van der Waals surface area contributed by atoms with Gasteiger partial charge in [0.1, 0.15) is 4.88 Å². The van der Waals surface area contributed by atoms with E-state index in [0.29, 0.717) is 24.4 Å². The van der Waals surface area contributed by atoms with Crippen molar-refractivity contribution in [3.63, 3.8) is 0 Å². The molecule has 0 aliphatic carbocycles. The number of piperidine rings is 1. The Balaban J connectivity index is 2.20. The van der Waals surface area contributed by atoms with Crippen LogP contribution in [0, 0.1) is 5.92 Å². The zero-order chi connectivity index (χ0) is 14.9. The molecule has 1 saturated heterocycles. The fraction of sp³-hybridized carbons (Fsp3) is 0.643. The Bertz CT molecular complexity index is 519. The smallest absolute Gasteiger partial charge is 0.308 e. The van der Waals surface area contributed by atoms with Gasteiger partial charge in [0.25, 0.3) is 5.91 Å². The van der Waals surface area contributed by atoms with Gasteiger partial charge in [0, 0.05) is 18.5 Å². The van der Waals surface area contributed by atoms with Crippen LogP contribution < -0.4 is 0 Å². The summed E-state index contributed by atoms with van der Waals surface area (Å²) in [4.78, 5) is 30.3. The number of nitrogens with zero attached hydrogens (tertiary/aromatic N) is 2. The zero-order valence-electron chi connectivity index (χ0n) is 12.0. The number of hydrogen-bond donors (Lipinski definition) is 1. The summed E-state index contributed by atoms with van der Waals surface area (Å²) in [5.74, 6) is -1.34. The highest BCUT2D eigenvalue weighted by Gasteiger charge is 2.32. The molecule has 1 unspecified atom stereocenters. The number of carbonyl (C=O) groups is 2. The summed E-state index contributed by atoms with van der Waals surface area (Å²) in [6, 6.07) is 0. The van der Waals surface area contributed by atoms with Crippen molar-refractivity contribution in [3.8, 4) is 0 Å². The van der Waals surface area contributed by atoms with Gasteiger partial charge in [-0.05, 0) is 12.8 Å². The molecule has 0 saturated carbocycles. The van der Waals surface area contributed by atoms with Crippen molar-refractivity contribution in [3.05, 3.63) is 16.1 Å². The minimum Gasteiger partial charge on any atom is -0.481 e. The second-order valence-electron chi connectivity index (χ2n) is 6.21. The second-order valence-corrected chi connectivity index (χ2v) is 7.06. The number of hydrogen-bond acceptors (Lipinski definition) is 4. The largest absolute Gasteiger partial charge is 0.481 e. The second kappa shape index (κ2) is 5.52. The number of amides is 1. The predicted molar refractivity (Wildman–Crippen MR) is 77.1 cm³/mol. The molecule has 5 nitrogen and oxygen atoms in total. The minimum absolute atomic E-state index is 0.0802. The number of aliphatic carboxylic acids is 1. The van der Waals surface area contributed by atoms with Crippen molar-refractivity contribution >= 4 is 23.2 Å². The van der Waals surface area contributed by atoms with Gasteiger partial charge < -0.3 is 10.0 Å². The average molecular weight is 296 g/mol. The van der Waals surface area contributed by atoms with Crippen LogP contribution in [0.4, 0.5) is 0 Å². The molecule has 2 rings (SSSR count). The lowest BCUT2D eigenvalue weighted by Crippen LogP contribution is -2.42. The van der Waals surface area contributed by atoms with E-state index in [-0.39, 0.29) is 11.3 Å². The number of thiazole rings is 1. The average Bonchev–Trinajstić information content (AvgIpc) is 2.87. The van der Waals surface area contributed by atoms with Crippen molar-refractivity contribution in [2.75, 3.05) is 13.1 Å². The quantitative estimate of drug-likeness (QED) is 0.909. The van der Waals surface area contributed by atoms with Gasteiger partial charge in [0.2, 0.25) is 0 Å². The Kier molecular flexibility index (Phi) is 4.13. The molecule has 0 aromatic carbocycles. The molecule has 0 bridgehead atoms. The van der Waals surface area contributed by atoms with Crippen LogP contribution in [0.5, 0.6) is 0 Å². The van der Waals surface area contributed by atoms with Gasteiger partial charge in [-0.2, -0.15) is 0 Å². The number of carboxylic acids is 1. The highest BCUT2D eigenvalue weighted by Crippen LogP contribution is 2.29. The van der Waals surface area contributed by atoms with Gasteiger partial charge in [-0.1, -0.05) is 20.8 Å². The molecular formula is C14H20N2O3S. The lowest BCUT2D eigenvalue weighted by atomic mass is 9.91. The first kappa shape index (κ1) is 15.0. The maximum atomic E-state index is 12.6. The molecule has 1 atom stereocenters. The summed E-state index contributed by atoms with van der Waals surface area (Å²) in [5.41, 5.74) is 2.30. The summed E-state index contributed by atoms with van der Waals surface area (Å²) in [6.45, 7) is 7.00. The van der Waals surface area contributed by atoms with E-state index in [1.807, 2.05) is 20.8 Å². The van der Waals surface area contributed by atoms with Gasteiger partial charge in [-0.15, -0.1) is 11.3 Å². The Morgan fingerprint density at radius 3 is 2.75 bits per heavy atom. The van der Waals surface area contributed by atoms with Gasteiger partial charge in [0.15, 0.2) is 0 Å². The zero-order valence-corrected chi connectivity index (χ0v) is 12.9. The summed E-state index contributed by atoms with van der Waals surface area (Å²) in [5, 5.41) is 9.10. The van der Waals surface area contributed by atoms with E-state index in [9.17, 15) is 9.59 Å². The third-order valence-corrected chi connectivity index (χ3v) is 4.34. The summed E-state index contributed by atoms with van der Waals surface area (Å²) < 4.78 is 0. The Morgan fingerprint density at radius 1 is 1.45 bits per heavy atom. The highest BCUT2D eigenvalue weighted by atomic mass is 32.1. The van der Waals surface area contributed by atoms with Crippen LogP contribution in [0.3, 0.4) is 0 Å². The SMILES string of the molecule is CC(C)(C)c1ncsc1C(=O)N1CCCC(C(=O)O)C1. The Labute approximate surface area is 122 Å². The topological polar surface area (TPSA) is 70.5 Å². The lowest BCUT2D eigenvalue weighted by Gasteiger charge is -2.31. The molecule has 6 heteroatoms. The molecule has 20 heavy (non-hydrogen) atoms. The van der Waals surface area contributed by atoms with E-state index in [4.69, 9.17) is 5.11 Å². The molecule has 110 valence electrons. The van der Waals surface area contributed by atoms with Gasteiger partial charge in [-0.25, -0.2) is 4.98 Å². The maximum Gasteiger partial charge on any atom is 0.308 e. The first-order valence-corrected chi connectivity index (χ1v) is 7.64. The normalized spacial score (nSPS) is 19.9. The number of aromatic nitrogens is 1. The molecule has 1 aliphatic rings. The summed E-state index contributed by atoms with van der Waals surface area (Å²) in [6.07, 6.45) is 1.39. The van der Waals surface area contributed by atoms with Crippen LogP contribution in [0.25, 0.3) is 0 Å². The van der Waals surface area contributed by atoms with E-state index < -0.39 is 11.9 Å². The molecule has 1 amide bonds. The molecule has 1 aromatic rings. The number of carbonyl (C=O) groups excluding carboxylic acids is 1. The van der Waals surface area contributed by atoms with Crippen LogP contribution >= 0.6 is 11.3 Å². The van der Waals surface area contributed by atoms with E-state index in [1.54, 1.807) is 10.4 Å². The first-order chi connectivity index (χ1) is 9.30. The number of likely N-dealkylation sites (tertiary alicyclic amines) is 1. The van der Waals surface area contributed by atoms with Gasteiger partial charge in [0.05, 0.1) is 17.1 Å². The van der Waals surface area contributed by atoms with Crippen molar-refractivity contribution in [1.82, 2.24) is 9.88 Å². The number of carboxylic acid groups (broad SMARTS) is 1. The lowest BCUT2D eigenvalue weighted by molar-refractivity contribution is -0.143.